The van der Waals surface area contributed by atoms with Crippen molar-refractivity contribution in [1.29, 1.82) is 0 Å². The summed E-state index contributed by atoms with van der Waals surface area (Å²) in [6.07, 6.45) is 0.898. The molecule has 3 saturated heterocycles. The van der Waals surface area contributed by atoms with Crippen LogP contribution in [-0.2, 0) is 9.59 Å². The molecule has 8 heteroatoms. The van der Waals surface area contributed by atoms with E-state index < -0.39 is 6.10 Å². The van der Waals surface area contributed by atoms with Gasteiger partial charge in [0.25, 0.3) is 0 Å². The van der Waals surface area contributed by atoms with E-state index in [1.54, 1.807) is 0 Å². The maximum Gasteiger partial charge on any atom is 0.244 e. The zero-order valence-electron chi connectivity index (χ0n) is 15.3. The van der Waals surface area contributed by atoms with Crippen molar-refractivity contribution in [1.82, 2.24) is 15.1 Å². The molecule has 3 aliphatic rings. The van der Waals surface area contributed by atoms with Crippen molar-refractivity contribution in [3.05, 3.63) is 30.3 Å². The van der Waals surface area contributed by atoms with Crippen LogP contribution in [0.5, 0.6) is 0 Å². The van der Waals surface area contributed by atoms with Crippen molar-refractivity contribution in [2.75, 3.05) is 44.2 Å². The number of anilines is 1. The zero-order chi connectivity index (χ0) is 18.1. The molecule has 2 N–H and O–H groups in total. The Morgan fingerprint density at radius 3 is 2.41 bits per heavy atom. The van der Waals surface area contributed by atoms with E-state index >= 15 is 0 Å². The van der Waals surface area contributed by atoms with Crippen molar-refractivity contribution >= 4 is 29.9 Å². The van der Waals surface area contributed by atoms with Crippen LogP contribution in [-0.4, -0.2) is 84.2 Å². The molecule has 3 atom stereocenters. The molecule has 3 heterocycles. The van der Waals surface area contributed by atoms with E-state index in [2.05, 4.69) is 10.2 Å². The standard InChI is InChI=1S/C19H26N4O3.ClH/c24-15-12-16(20-13-15)18(25)22-10-8-21(9-11-22)17-6-7-23(19(17)26)14-4-2-1-3-5-14;/h1-5,15-17,20,24H,6-13H2;1H. The Bertz CT molecular complexity index is 666. The summed E-state index contributed by atoms with van der Waals surface area (Å²) in [5.41, 5.74) is 0.958. The molecule has 3 unspecified atom stereocenters. The SMILES string of the molecule is Cl.O=C(C1CC(O)CN1)N1CCN(C2CCN(c3ccccc3)C2=O)CC1. The van der Waals surface area contributed by atoms with Crippen LogP contribution in [0.4, 0.5) is 5.69 Å². The minimum absolute atomic E-state index is 0. The average molecular weight is 395 g/mol. The molecule has 3 aliphatic heterocycles. The molecular formula is C19H27ClN4O3. The summed E-state index contributed by atoms with van der Waals surface area (Å²) in [4.78, 5) is 31.3. The molecule has 0 bridgehead atoms. The molecule has 0 spiro atoms. The zero-order valence-corrected chi connectivity index (χ0v) is 16.1. The molecule has 0 saturated carbocycles. The van der Waals surface area contributed by atoms with E-state index in [1.165, 1.54) is 0 Å². The number of piperazine rings is 1. The number of carbonyl (C=O) groups excluding carboxylic acids is 2. The second kappa shape index (κ2) is 8.56. The van der Waals surface area contributed by atoms with Crippen molar-refractivity contribution in [3.8, 4) is 0 Å². The van der Waals surface area contributed by atoms with Crippen LogP contribution in [0, 0.1) is 0 Å². The number of rotatable bonds is 3. The van der Waals surface area contributed by atoms with Crippen LogP contribution in [0.3, 0.4) is 0 Å². The molecule has 7 nitrogen and oxygen atoms in total. The Labute approximate surface area is 165 Å². The minimum Gasteiger partial charge on any atom is -0.392 e. The maximum atomic E-state index is 12.8. The topological polar surface area (TPSA) is 76.1 Å². The van der Waals surface area contributed by atoms with Crippen LogP contribution in [0.15, 0.2) is 30.3 Å². The summed E-state index contributed by atoms with van der Waals surface area (Å²) < 4.78 is 0. The smallest absolute Gasteiger partial charge is 0.244 e. The summed E-state index contributed by atoms with van der Waals surface area (Å²) in [6, 6.07) is 9.45. The van der Waals surface area contributed by atoms with Gasteiger partial charge in [-0.3, -0.25) is 14.5 Å². The number of amides is 2. The number of hydrogen-bond acceptors (Lipinski definition) is 5. The third-order valence-corrected chi connectivity index (χ3v) is 5.72. The van der Waals surface area contributed by atoms with Crippen LogP contribution < -0.4 is 10.2 Å². The third kappa shape index (κ3) is 4.11. The van der Waals surface area contributed by atoms with Gasteiger partial charge < -0.3 is 20.2 Å². The van der Waals surface area contributed by atoms with E-state index in [0.717, 1.165) is 31.7 Å². The van der Waals surface area contributed by atoms with Gasteiger partial charge in [0, 0.05) is 45.0 Å². The third-order valence-electron chi connectivity index (χ3n) is 5.72. The summed E-state index contributed by atoms with van der Waals surface area (Å²) >= 11 is 0. The normalized spacial score (nSPS) is 29.1. The largest absolute Gasteiger partial charge is 0.392 e. The molecule has 0 radical (unpaired) electrons. The van der Waals surface area contributed by atoms with Gasteiger partial charge in [0.15, 0.2) is 0 Å². The summed E-state index contributed by atoms with van der Waals surface area (Å²) in [5.74, 6) is 0.237. The van der Waals surface area contributed by atoms with E-state index in [1.807, 2.05) is 40.1 Å². The van der Waals surface area contributed by atoms with E-state index in [9.17, 15) is 14.7 Å². The van der Waals surface area contributed by atoms with Gasteiger partial charge in [-0.05, 0) is 25.0 Å². The predicted octanol–water partition coefficient (Wildman–Crippen LogP) is 0.0807. The molecule has 4 rings (SSSR count). The Hall–Kier alpha value is -1.67. The fraction of sp³-hybridized carbons (Fsp3) is 0.579. The maximum absolute atomic E-state index is 12.8. The molecule has 2 amide bonds. The van der Waals surface area contributed by atoms with Crippen LogP contribution >= 0.6 is 12.4 Å². The molecule has 0 aromatic heterocycles. The number of aliphatic hydroxyl groups excluding tert-OH is 1. The molecule has 3 fully saturated rings. The van der Waals surface area contributed by atoms with Crippen molar-refractivity contribution < 1.29 is 14.7 Å². The lowest BCUT2D eigenvalue weighted by molar-refractivity contribution is -0.135. The lowest BCUT2D eigenvalue weighted by Gasteiger charge is -2.38. The minimum atomic E-state index is -0.426. The van der Waals surface area contributed by atoms with Gasteiger partial charge in [-0.1, -0.05) is 18.2 Å². The summed E-state index contributed by atoms with van der Waals surface area (Å²) in [7, 11) is 0. The summed E-state index contributed by atoms with van der Waals surface area (Å²) in [5, 5.41) is 12.7. The number of hydrogen-bond donors (Lipinski definition) is 2. The molecule has 27 heavy (non-hydrogen) atoms. The highest BCUT2D eigenvalue weighted by atomic mass is 35.5. The number of halogens is 1. The number of carbonyl (C=O) groups is 2. The van der Waals surface area contributed by atoms with Crippen molar-refractivity contribution in [3.63, 3.8) is 0 Å². The highest BCUT2D eigenvalue weighted by Gasteiger charge is 2.39. The quantitative estimate of drug-likeness (QED) is 0.759. The van der Waals surface area contributed by atoms with Crippen molar-refractivity contribution in [2.24, 2.45) is 0 Å². The van der Waals surface area contributed by atoms with Crippen LogP contribution in [0.2, 0.25) is 0 Å². The first-order valence-electron chi connectivity index (χ1n) is 9.44. The highest BCUT2D eigenvalue weighted by molar-refractivity contribution is 5.99. The van der Waals surface area contributed by atoms with Gasteiger partial charge in [0.05, 0.1) is 18.2 Å². The fourth-order valence-corrected chi connectivity index (χ4v) is 4.25. The fourth-order valence-electron chi connectivity index (χ4n) is 4.25. The molecule has 148 valence electrons. The summed E-state index contributed by atoms with van der Waals surface area (Å²) in [6.45, 7) is 3.96. The Balaban J connectivity index is 0.00000210. The second-order valence-corrected chi connectivity index (χ2v) is 7.34. The number of nitrogens with one attached hydrogen (secondary N) is 1. The van der Waals surface area contributed by atoms with E-state index in [4.69, 9.17) is 0 Å². The number of para-hydroxylation sites is 1. The van der Waals surface area contributed by atoms with Gasteiger partial charge in [-0.15, -0.1) is 12.4 Å². The monoisotopic (exact) mass is 394 g/mol. The predicted molar refractivity (Wildman–Crippen MR) is 105 cm³/mol. The first-order chi connectivity index (χ1) is 12.6. The first kappa shape index (κ1) is 20.1. The second-order valence-electron chi connectivity index (χ2n) is 7.34. The lowest BCUT2D eigenvalue weighted by Crippen LogP contribution is -2.56. The number of nitrogens with zero attached hydrogens (tertiary/aromatic N) is 3. The molecule has 0 aliphatic carbocycles. The van der Waals surface area contributed by atoms with Gasteiger partial charge in [0.1, 0.15) is 0 Å². The molecule has 1 aromatic carbocycles. The Morgan fingerprint density at radius 1 is 1.07 bits per heavy atom. The molecule has 1 aromatic rings. The van der Waals surface area contributed by atoms with Gasteiger partial charge >= 0.3 is 0 Å². The number of benzene rings is 1. The Kier molecular flexibility index (Phi) is 6.37. The lowest BCUT2D eigenvalue weighted by atomic mass is 10.1. The molecular weight excluding hydrogens is 368 g/mol. The van der Waals surface area contributed by atoms with Gasteiger partial charge in [-0.2, -0.15) is 0 Å². The van der Waals surface area contributed by atoms with E-state index in [0.29, 0.717) is 26.1 Å². The highest BCUT2D eigenvalue weighted by Crippen LogP contribution is 2.25. The van der Waals surface area contributed by atoms with Gasteiger partial charge in [0.2, 0.25) is 11.8 Å². The number of aliphatic hydroxyl groups is 1. The first-order valence-corrected chi connectivity index (χ1v) is 9.44. The van der Waals surface area contributed by atoms with E-state index in [-0.39, 0.29) is 36.3 Å². The average Bonchev–Trinajstić information content (AvgIpc) is 3.28. The number of β-amino-alcohol motifs (C(OH)–C–C–N with tert-alkyl or cyclic N) is 1. The van der Waals surface area contributed by atoms with Crippen LogP contribution in [0.25, 0.3) is 0 Å². The van der Waals surface area contributed by atoms with Crippen LogP contribution in [0.1, 0.15) is 12.8 Å². The Morgan fingerprint density at radius 2 is 1.78 bits per heavy atom. The van der Waals surface area contributed by atoms with Crippen molar-refractivity contribution in [2.45, 2.75) is 31.0 Å². The van der Waals surface area contributed by atoms with Gasteiger partial charge in [-0.25, -0.2) is 0 Å².